The molecule has 4 aromatic rings. The SMILES string of the molecule is NC1=CCc2c1cccc2-c1cc(COc2ccccc2CC(=O)O)cc2ccoc12. The second kappa shape index (κ2) is 7.69. The lowest BCUT2D eigenvalue weighted by Gasteiger charge is -2.14. The van der Waals surface area contributed by atoms with Crippen LogP contribution in [0.25, 0.3) is 27.8 Å². The Morgan fingerprint density at radius 3 is 2.74 bits per heavy atom. The fraction of sp³-hybridized carbons (Fsp3) is 0.115. The van der Waals surface area contributed by atoms with Crippen LogP contribution in [0.3, 0.4) is 0 Å². The van der Waals surface area contributed by atoms with Crippen molar-refractivity contribution < 1.29 is 19.1 Å². The molecule has 1 aliphatic carbocycles. The number of para-hydroxylation sites is 1. The molecule has 154 valence electrons. The first-order valence-corrected chi connectivity index (χ1v) is 10.1. The predicted octanol–water partition coefficient (Wildman–Crippen LogP) is 5.16. The zero-order chi connectivity index (χ0) is 21.4. The number of nitrogens with two attached hydrogens (primary N) is 1. The van der Waals surface area contributed by atoms with Gasteiger partial charge in [0.25, 0.3) is 0 Å². The summed E-state index contributed by atoms with van der Waals surface area (Å²) in [5.41, 5.74) is 13.8. The van der Waals surface area contributed by atoms with E-state index in [-0.39, 0.29) is 6.42 Å². The maximum Gasteiger partial charge on any atom is 0.307 e. The Morgan fingerprint density at radius 1 is 1.03 bits per heavy atom. The lowest BCUT2D eigenvalue weighted by molar-refractivity contribution is -0.136. The molecular formula is C26H21NO4. The molecule has 5 nitrogen and oxygen atoms in total. The first-order chi connectivity index (χ1) is 15.1. The van der Waals surface area contributed by atoms with Gasteiger partial charge in [-0.05, 0) is 47.4 Å². The minimum absolute atomic E-state index is 0.0766. The summed E-state index contributed by atoms with van der Waals surface area (Å²) in [5.74, 6) is -0.305. The third-order valence-electron chi connectivity index (χ3n) is 5.62. The maximum atomic E-state index is 11.2. The maximum absolute atomic E-state index is 11.2. The number of fused-ring (bicyclic) bond motifs is 2. The predicted molar refractivity (Wildman–Crippen MR) is 120 cm³/mol. The quantitative estimate of drug-likeness (QED) is 0.458. The third-order valence-corrected chi connectivity index (χ3v) is 5.62. The van der Waals surface area contributed by atoms with Gasteiger partial charge in [-0.2, -0.15) is 0 Å². The summed E-state index contributed by atoms with van der Waals surface area (Å²) < 4.78 is 11.8. The van der Waals surface area contributed by atoms with Gasteiger partial charge in [-0.1, -0.05) is 42.5 Å². The highest BCUT2D eigenvalue weighted by molar-refractivity contribution is 5.95. The Kier molecular flexibility index (Phi) is 4.71. The zero-order valence-electron chi connectivity index (χ0n) is 16.8. The molecule has 0 saturated heterocycles. The Hall–Kier alpha value is -3.99. The van der Waals surface area contributed by atoms with Gasteiger partial charge in [0.2, 0.25) is 0 Å². The van der Waals surface area contributed by atoms with Crippen LogP contribution in [0.2, 0.25) is 0 Å². The van der Waals surface area contributed by atoms with Crippen molar-refractivity contribution in [1.29, 1.82) is 0 Å². The Morgan fingerprint density at radius 2 is 1.87 bits per heavy atom. The molecule has 5 heteroatoms. The lowest BCUT2D eigenvalue weighted by Crippen LogP contribution is -2.04. The van der Waals surface area contributed by atoms with Gasteiger partial charge < -0.3 is 20.0 Å². The molecule has 3 aromatic carbocycles. The molecule has 3 N–H and O–H groups in total. The molecule has 0 unspecified atom stereocenters. The van der Waals surface area contributed by atoms with Crippen LogP contribution in [0.1, 0.15) is 22.3 Å². The number of ether oxygens (including phenoxy) is 1. The number of benzene rings is 3. The first kappa shape index (κ1) is 19.0. The molecule has 0 fully saturated rings. The number of carboxylic acid groups (broad SMARTS) is 1. The average Bonchev–Trinajstić information content (AvgIpc) is 3.39. The zero-order valence-corrected chi connectivity index (χ0v) is 16.8. The minimum atomic E-state index is -0.885. The third kappa shape index (κ3) is 3.55. The number of rotatable bonds is 6. The number of furan rings is 1. The van der Waals surface area contributed by atoms with Crippen molar-refractivity contribution in [3.63, 3.8) is 0 Å². The van der Waals surface area contributed by atoms with Gasteiger partial charge in [0.15, 0.2) is 0 Å². The second-order valence-corrected chi connectivity index (χ2v) is 7.64. The number of allylic oxidation sites excluding steroid dienone is 1. The topological polar surface area (TPSA) is 85.7 Å². The van der Waals surface area contributed by atoms with E-state index in [4.69, 9.17) is 20.0 Å². The van der Waals surface area contributed by atoms with Crippen molar-refractivity contribution in [2.24, 2.45) is 5.73 Å². The Bertz CT molecular complexity index is 1330. The van der Waals surface area contributed by atoms with Crippen molar-refractivity contribution >= 4 is 22.6 Å². The molecule has 0 radical (unpaired) electrons. The van der Waals surface area contributed by atoms with Gasteiger partial charge in [0.05, 0.1) is 12.7 Å². The lowest BCUT2D eigenvalue weighted by atomic mass is 9.93. The summed E-state index contributed by atoms with van der Waals surface area (Å²) in [4.78, 5) is 11.2. The molecule has 5 rings (SSSR count). The number of carbonyl (C=O) groups is 1. The fourth-order valence-corrected chi connectivity index (χ4v) is 4.19. The van der Waals surface area contributed by atoms with E-state index < -0.39 is 5.97 Å². The van der Waals surface area contributed by atoms with Gasteiger partial charge in [0.1, 0.15) is 17.9 Å². The number of hydrogen-bond acceptors (Lipinski definition) is 4. The largest absolute Gasteiger partial charge is 0.489 e. The van der Waals surface area contributed by atoms with E-state index in [1.54, 1.807) is 18.4 Å². The van der Waals surface area contributed by atoms with E-state index >= 15 is 0 Å². The molecule has 1 aromatic heterocycles. The van der Waals surface area contributed by atoms with E-state index in [1.807, 2.05) is 42.5 Å². The van der Waals surface area contributed by atoms with Gasteiger partial charge in [-0.15, -0.1) is 0 Å². The second-order valence-electron chi connectivity index (χ2n) is 7.64. The molecular weight excluding hydrogens is 390 g/mol. The average molecular weight is 411 g/mol. The van der Waals surface area contributed by atoms with E-state index in [1.165, 1.54) is 5.56 Å². The molecule has 31 heavy (non-hydrogen) atoms. The van der Waals surface area contributed by atoms with Gasteiger partial charge >= 0.3 is 5.97 Å². The highest BCUT2D eigenvalue weighted by Crippen LogP contribution is 2.38. The van der Waals surface area contributed by atoms with Crippen LogP contribution in [0.4, 0.5) is 0 Å². The van der Waals surface area contributed by atoms with Crippen LogP contribution in [-0.4, -0.2) is 11.1 Å². The molecule has 0 aliphatic heterocycles. The highest BCUT2D eigenvalue weighted by Gasteiger charge is 2.19. The van der Waals surface area contributed by atoms with E-state index in [9.17, 15) is 4.79 Å². The summed E-state index contributed by atoms with van der Waals surface area (Å²) in [6.45, 7) is 0.320. The molecule has 0 spiro atoms. The molecule has 0 bridgehead atoms. The van der Waals surface area contributed by atoms with Crippen LogP contribution in [-0.2, 0) is 24.2 Å². The van der Waals surface area contributed by atoms with Crippen molar-refractivity contribution in [3.8, 4) is 16.9 Å². The summed E-state index contributed by atoms with van der Waals surface area (Å²) in [5, 5.41) is 10.1. The van der Waals surface area contributed by atoms with E-state index in [0.29, 0.717) is 17.9 Å². The molecule has 1 aliphatic rings. The number of hydrogen-bond donors (Lipinski definition) is 2. The van der Waals surface area contributed by atoms with Crippen molar-refractivity contribution in [2.45, 2.75) is 19.4 Å². The van der Waals surface area contributed by atoms with Crippen molar-refractivity contribution in [1.82, 2.24) is 0 Å². The normalized spacial score (nSPS) is 12.6. The van der Waals surface area contributed by atoms with Crippen LogP contribution < -0.4 is 10.5 Å². The summed E-state index contributed by atoms with van der Waals surface area (Å²) in [7, 11) is 0. The van der Waals surface area contributed by atoms with E-state index in [2.05, 4.69) is 12.1 Å². The number of aliphatic carboxylic acids is 1. The van der Waals surface area contributed by atoms with Gasteiger partial charge in [-0.25, -0.2) is 0 Å². The van der Waals surface area contributed by atoms with Crippen LogP contribution in [0, 0.1) is 0 Å². The van der Waals surface area contributed by atoms with E-state index in [0.717, 1.165) is 45.3 Å². The first-order valence-electron chi connectivity index (χ1n) is 10.1. The monoisotopic (exact) mass is 411 g/mol. The summed E-state index contributed by atoms with van der Waals surface area (Å²) in [6, 6.07) is 19.4. The molecule has 1 heterocycles. The van der Waals surface area contributed by atoms with Gasteiger partial charge in [0, 0.05) is 27.8 Å². The highest BCUT2D eigenvalue weighted by atomic mass is 16.5. The Balaban J connectivity index is 1.51. The molecule has 0 amide bonds. The van der Waals surface area contributed by atoms with Crippen molar-refractivity contribution in [3.05, 3.63) is 95.3 Å². The molecule has 0 saturated carbocycles. The van der Waals surface area contributed by atoms with Crippen LogP contribution in [0.15, 0.2) is 77.4 Å². The van der Waals surface area contributed by atoms with Crippen LogP contribution in [0.5, 0.6) is 5.75 Å². The van der Waals surface area contributed by atoms with Gasteiger partial charge in [-0.3, -0.25) is 4.79 Å². The standard InChI is InChI=1S/C26H21NO4/c27-23-9-8-20-19(5-3-6-21(20)23)22-13-16(12-18-10-11-30-26(18)22)15-31-24-7-2-1-4-17(24)14-25(28)29/h1-7,9-13H,8,14-15,27H2,(H,28,29). The minimum Gasteiger partial charge on any atom is -0.489 e. The van der Waals surface area contributed by atoms with Crippen molar-refractivity contribution in [2.75, 3.05) is 0 Å². The number of carboxylic acids is 1. The fourth-order valence-electron chi connectivity index (χ4n) is 4.19. The molecule has 0 atom stereocenters. The smallest absolute Gasteiger partial charge is 0.307 e. The summed E-state index contributed by atoms with van der Waals surface area (Å²) in [6.07, 6.45) is 4.45. The Labute approximate surface area is 179 Å². The summed E-state index contributed by atoms with van der Waals surface area (Å²) >= 11 is 0. The van der Waals surface area contributed by atoms with Crippen LogP contribution >= 0.6 is 0 Å².